The molecule has 0 bridgehead atoms. The van der Waals surface area contributed by atoms with Crippen molar-refractivity contribution in [2.24, 2.45) is 0 Å². The van der Waals surface area contributed by atoms with E-state index in [2.05, 4.69) is 10.1 Å². The molecule has 1 heterocycles. The van der Waals surface area contributed by atoms with E-state index in [4.69, 9.17) is 9.47 Å². The number of aryl methyl sites for hydroxylation is 1. The molecule has 0 amide bonds. The van der Waals surface area contributed by atoms with Crippen LogP contribution in [0.15, 0.2) is 43.0 Å². The number of rotatable bonds is 8. The first kappa shape index (κ1) is 14.0. The smallest absolute Gasteiger partial charge is 0.344 e. The molecule has 1 aromatic carbocycles. The van der Waals surface area contributed by atoms with Gasteiger partial charge in [0.15, 0.2) is 6.61 Å². The molecular formula is C14H17N3O3. The molecule has 0 saturated carbocycles. The molecule has 106 valence electrons. The summed E-state index contributed by atoms with van der Waals surface area (Å²) in [5.41, 5.74) is 0. The molecule has 6 heteroatoms. The highest BCUT2D eigenvalue weighted by Crippen LogP contribution is 2.07. The maximum atomic E-state index is 11.4. The third kappa shape index (κ3) is 5.09. The number of carbonyl (C=O) groups excluding carboxylic acids is 1. The summed E-state index contributed by atoms with van der Waals surface area (Å²) < 4.78 is 12.1. The van der Waals surface area contributed by atoms with Gasteiger partial charge >= 0.3 is 5.97 Å². The van der Waals surface area contributed by atoms with Gasteiger partial charge in [-0.3, -0.25) is 4.68 Å². The van der Waals surface area contributed by atoms with Gasteiger partial charge < -0.3 is 9.47 Å². The van der Waals surface area contributed by atoms with Gasteiger partial charge in [-0.15, -0.1) is 0 Å². The summed E-state index contributed by atoms with van der Waals surface area (Å²) in [6.07, 6.45) is 4.84. The Morgan fingerprint density at radius 1 is 1.20 bits per heavy atom. The molecule has 0 saturated heterocycles. The quantitative estimate of drug-likeness (QED) is 0.541. The van der Waals surface area contributed by atoms with E-state index in [1.165, 1.54) is 6.33 Å². The molecule has 20 heavy (non-hydrogen) atoms. The van der Waals surface area contributed by atoms with Gasteiger partial charge in [-0.2, -0.15) is 5.10 Å². The van der Waals surface area contributed by atoms with Crippen molar-refractivity contribution in [1.82, 2.24) is 14.8 Å². The summed E-state index contributed by atoms with van der Waals surface area (Å²) in [6.45, 7) is 1.11. The van der Waals surface area contributed by atoms with Gasteiger partial charge in [-0.1, -0.05) is 18.2 Å². The molecule has 0 radical (unpaired) electrons. The van der Waals surface area contributed by atoms with Crippen LogP contribution in [0.25, 0.3) is 0 Å². The van der Waals surface area contributed by atoms with Crippen LogP contribution in [-0.4, -0.2) is 33.9 Å². The number of nitrogens with zero attached hydrogens (tertiary/aromatic N) is 3. The van der Waals surface area contributed by atoms with Crippen LogP contribution in [0.1, 0.15) is 12.8 Å². The summed E-state index contributed by atoms with van der Waals surface area (Å²) in [7, 11) is 0. The minimum absolute atomic E-state index is 0.0624. The van der Waals surface area contributed by atoms with Gasteiger partial charge in [0.2, 0.25) is 0 Å². The molecule has 6 nitrogen and oxygen atoms in total. The Labute approximate surface area is 117 Å². The van der Waals surface area contributed by atoms with Crippen LogP contribution >= 0.6 is 0 Å². The van der Waals surface area contributed by atoms with E-state index in [9.17, 15) is 4.79 Å². The highest BCUT2D eigenvalue weighted by molar-refractivity contribution is 5.71. The minimum atomic E-state index is -0.352. The predicted molar refractivity (Wildman–Crippen MR) is 72.2 cm³/mol. The zero-order valence-electron chi connectivity index (χ0n) is 11.1. The van der Waals surface area contributed by atoms with Crippen molar-refractivity contribution in [3.05, 3.63) is 43.0 Å². The SMILES string of the molecule is O=C(COc1ccccc1)OCCCCn1cncn1. The fraction of sp³-hybridized carbons (Fsp3) is 0.357. The Morgan fingerprint density at radius 3 is 2.80 bits per heavy atom. The zero-order chi connectivity index (χ0) is 14.0. The second kappa shape index (κ2) is 7.93. The second-order valence-electron chi connectivity index (χ2n) is 4.19. The molecule has 0 atom stereocenters. The number of esters is 1. The lowest BCUT2D eigenvalue weighted by Crippen LogP contribution is -2.15. The number of ether oxygens (including phenoxy) is 2. The number of carbonyl (C=O) groups is 1. The Morgan fingerprint density at radius 2 is 2.05 bits per heavy atom. The standard InChI is InChI=1S/C14H17N3O3/c18-14(10-20-13-6-2-1-3-7-13)19-9-5-4-8-17-12-15-11-16-17/h1-3,6-7,11-12H,4-5,8-10H2. The summed E-state index contributed by atoms with van der Waals surface area (Å²) >= 11 is 0. The third-order valence-corrected chi connectivity index (χ3v) is 2.61. The first-order valence-corrected chi connectivity index (χ1v) is 6.50. The lowest BCUT2D eigenvalue weighted by atomic mass is 10.3. The number of hydrogen-bond donors (Lipinski definition) is 0. The van der Waals surface area contributed by atoms with Gasteiger partial charge in [0, 0.05) is 6.54 Å². The van der Waals surface area contributed by atoms with Crippen molar-refractivity contribution in [2.45, 2.75) is 19.4 Å². The molecular weight excluding hydrogens is 258 g/mol. The van der Waals surface area contributed by atoms with Crippen molar-refractivity contribution >= 4 is 5.97 Å². The molecule has 0 spiro atoms. The average Bonchev–Trinajstić information content (AvgIpc) is 2.99. The van der Waals surface area contributed by atoms with Gasteiger partial charge in [0.1, 0.15) is 18.4 Å². The molecule has 0 aliphatic heterocycles. The Balaban J connectivity index is 1.52. The maximum absolute atomic E-state index is 11.4. The Kier molecular flexibility index (Phi) is 5.57. The number of unbranched alkanes of at least 4 members (excludes halogenated alkanes) is 1. The molecule has 2 rings (SSSR count). The van der Waals surface area contributed by atoms with Crippen molar-refractivity contribution in [3.8, 4) is 5.75 Å². The van der Waals surface area contributed by atoms with E-state index in [1.54, 1.807) is 23.1 Å². The topological polar surface area (TPSA) is 66.2 Å². The van der Waals surface area contributed by atoms with Crippen molar-refractivity contribution < 1.29 is 14.3 Å². The number of benzene rings is 1. The lowest BCUT2D eigenvalue weighted by molar-refractivity contribution is -0.146. The van der Waals surface area contributed by atoms with E-state index >= 15 is 0 Å². The van der Waals surface area contributed by atoms with Gasteiger partial charge in [0.25, 0.3) is 0 Å². The van der Waals surface area contributed by atoms with Crippen LogP contribution in [0, 0.1) is 0 Å². The highest BCUT2D eigenvalue weighted by atomic mass is 16.6. The zero-order valence-corrected chi connectivity index (χ0v) is 11.1. The summed E-state index contributed by atoms with van der Waals surface area (Å²) in [6, 6.07) is 9.19. The number of hydrogen-bond acceptors (Lipinski definition) is 5. The molecule has 1 aromatic heterocycles. The molecule has 0 unspecified atom stereocenters. The van der Waals surface area contributed by atoms with Crippen LogP contribution in [0.3, 0.4) is 0 Å². The van der Waals surface area contributed by atoms with Gasteiger partial charge in [0.05, 0.1) is 6.61 Å². The fourth-order valence-electron chi connectivity index (χ4n) is 1.61. The average molecular weight is 275 g/mol. The Bertz CT molecular complexity index is 500. The highest BCUT2D eigenvalue weighted by Gasteiger charge is 2.03. The number of aromatic nitrogens is 3. The van der Waals surface area contributed by atoms with E-state index in [0.29, 0.717) is 12.4 Å². The van der Waals surface area contributed by atoms with Crippen LogP contribution < -0.4 is 4.74 Å². The molecule has 2 aromatic rings. The molecule has 0 aliphatic rings. The first-order valence-electron chi connectivity index (χ1n) is 6.50. The summed E-state index contributed by atoms with van der Waals surface area (Å²) in [4.78, 5) is 15.3. The normalized spacial score (nSPS) is 10.2. The summed E-state index contributed by atoms with van der Waals surface area (Å²) in [5.74, 6) is 0.310. The molecule has 0 aliphatic carbocycles. The second-order valence-corrected chi connectivity index (χ2v) is 4.19. The van der Waals surface area contributed by atoms with Crippen molar-refractivity contribution in [3.63, 3.8) is 0 Å². The maximum Gasteiger partial charge on any atom is 0.344 e. The Hall–Kier alpha value is -2.37. The number of para-hydroxylation sites is 1. The van der Waals surface area contributed by atoms with Crippen LogP contribution in [-0.2, 0) is 16.1 Å². The third-order valence-electron chi connectivity index (χ3n) is 2.61. The van der Waals surface area contributed by atoms with Crippen LogP contribution in [0.4, 0.5) is 0 Å². The van der Waals surface area contributed by atoms with E-state index in [0.717, 1.165) is 19.4 Å². The lowest BCUT2D eigenvalue weighted by Gasteiger charge is -2.06. The fourth-order valence-corrected chi connectivity index (χ4v) is 1.61. The van der Waals surface area contributed by atoms with E-state index in [1.807, 2.05) is 18.2 Å². The molecule has 0 fully saturated rings. The molecule has 0 N–H and O–H groups in total. The first-order chi connectivity index (χ1) is 9.84. The van der Waals surface area contributed by atoms with Crippen molar-refractivity contribution in [2.75, 3.05) is 13.2 Å². The largest absolute Gasteiger partial charge is 0.482 e. The van der Waals surface area contributed by atoms with E-state index in [-0.39, 0.29) is 12.6 Å². The minimum Gasteiger partial charge on any atom is -0.482 e. The van der Waals surface area contributed by atoms with Crippen molar-refractivity contribution in [1.29, 1.82) is 0 Å². The monoisotopic (exact) mass is 275 g/mol. The van der Waals surface area contributed by atoms with Crippen LogP contribution in [0.2, 0.25) is 0 Å². The van der Waals surface area contributed by atoms with Gasteiger partial charge in [-0.05, 0) is 25.0 Å². The summed E-state index contributed by atoms with van der Waals surface area (Å²) in [5, 5.41) is 3.99. The van der Waals surface area contributed by atoms with E-state index < -0.39 is 0 Å². The van der Waals surface area contributed by atoms with Crippen LogP contribution in [0.5, 0.6) is 5.75 Å². The predicted octanol–water partition coefficient (Wildman–Crippen LogP) is 1.68. The van der Waals surface area contributed by atoms with Gasteiger partial charge in [-0.25, -0.2) is 9.78 Å².